The molecule has 0 amide bonds. The monoisotopic (exact) mass is 423 g/mol. The zero-order valence-corrected chi connectivity index (χ0v) is 16.1. The highest BCUT2D eigenvalue weighted by Gasteiger charge is 2.15. The lowest BCUT2D eigenvalue weighted by Crippen LogP contribution is -1.87. The van der Waals surface area contributed by atoms with Crippen LogP contribution in [0.15, 0.2) is 54.7 Å². The van der Waals surface area contributed by atoms with Crippen molar-refractivity contribution in [1.82, 2.24) is 15.0 Å². The Morgan fingerprint density at radius 1 is 0.867 bits per heavy atom. The fourth-order valence-corrected chi connectivity index (χ4v) is 3.53. The molecule has 5 rings (SSSR count). The molecule has 0 bridgehead atoms. The maximum atomic E-state index is 14.8. The molecule has 0 saturated carbocycles. The fraction of sp³-hybridized carbons (Fsp3) is 0. The van der Waals surface area contributed by atoms with Gasteiger partial charge in [-0.25, -0.2) is 18.2 Å². The van der Waals surface area contributed by atoms with Gasteiger partial charge in [0, 0.05) is 23.2 Å². The minimum atomic E-state index is -0.575. The number of benzene rings is 3. The summed E-state index contributed by atoms with van der Waals surface area (Å²) in [5, 5.41) is 0.741. The Kier molecular flexibility index (Phi) is 4.37. The number of imidazole rings is 1. The number of halogens is 4. The Bertz CT molecular complexity index is 1390. The summed E-state index contributed by atoms with van der Waals surface area (Å²) in [5.74, 6) is -1.06. The molecule has 2 N–H and O–H groups in total. The van der Waals surface area contributed by atoms with Gasteiger partial charge in [-0.3, -0.25) is 0 Å². The van der Waals surface area contributed by atoms with Crippen LogP contribution in [-0.2, 0) is 0 Å². The highest BCUT2D eigenvalue weighted by Crippen LogP contribution is 2.31. The number of H-pyrrole nitrogens is 2. The van der Waals surface area contributed by atoms with Crippen molar-refractivity contribution in [3.8, 4) is 11.4 Å². The molecule has 30 heavy (non-hydrogen) atoms. The fourth-order valence-electron chi connectivity index (χ4n) is 3.38. The number of fused-ring (bicyclic) bond motifs is 2. The SMILES string of the molecule is Fc1ccc(C=Cc2c[nH]c3cc(F)c(-c4nc5cc(Cl)c(F)cc5[nH]4)cc23)cc1. The molecule has 0 unspecified atom stereocenters. The molecule has 0 aliphatic carbocycles. The van der Waals surface area contributed by atoms with Crippen molar-refractivity contribution >= 4 is 45.7 Å². The first-order chi connectivity index (χ1) is 14.5. The van der Waals surface area contributed by atoms with Crippen LogP contribution in [-0.4, -0.2) is 15.0 Å². The van der Waals surface area contributed by atoms with E-state index in [0.29, 0.717) is 16.6 Å². The predicted molar refractivity (Wildman–Crippen MR) is 114 cm³/mol. The molecule has 0 aliphatic rings. The van der Waals surface area contributed by atoms with Gasteiger partial charge in [0.1, 0.15) is 23.3 Å². The van der Waals surface area contributed by atoms with E-state index in [4.69, 9.17) is 11.6 Å². The number of hydrogen-bond donors (Lipinski definition) is 2. The van der Waals surface area contributed by atoms with Gasteiger partial charge in [-0.05, 0) is 41.5 Å². The highest BCUT2D eigenvalue weighted by atomic mass is 35.5. The Balaban J connectivity index is 1.59. The van der Waals surface area contributed by atoms with Crippen LogP contribution in [0.2, 0.25) is 5.02 Å². The van der Waals surface area contributed by atoms with Gasteiger partial charge < -0.3 is 9.97 Å². The van der Waals surface area contributed by atoms with Crippen molar-refractivity contribution in [2.75, 3.05) is 0 Å². The molecule has 148 valence electrons. The van der Waals surface area contributed by atoms with Crippen molar-refractivity contribution in [3.05, 3.63) is 88.3 Å². The minimum absolute atomic E-state index is 0.0460. The zero-order chi connectivity index (χ0) is 20.8. The number of aromatic amines is 2. The van der Waals surface area contributed by atoms with Crippen LogP contribution in [0.5, 0.6) is 0 Å². The zero-order valence-electron chi connectivity index (χ0n) is 15.3. The van der Waals surface area contributed by atoms with Crippen molar-refractivity contribution in [1.29, 1.82) is 0 Å². The lowest BCUT2D eigenvalue weighted by Gasteiger charge is -2.01. The van der Waals surface area contributed by atoms with Crippen molar-refractivity contribution in [2.24, 2.45) is 0 Å². The van der Waals surface area contributed by atoms with Gasteiger partial charge in [-0.1, -0.05) is 35.9 Å². The summed E-state index contributed by atoms with van der Waals surface area (Å²) in [5.41, 5.74) is 3.43. The Hall–Kier alpha value is -3.51. The van der Waals surface area contributed by atoms with Crippen LogP contribution in [0.4, 0.5) is 13.2 Å². The molecule has 2 aromatic heterocycles. The molecular weight excluding hydrogens is 411 g/mol. The molecule has 0 saturated heterocycles. The number of rotatable bonds is 3. The van der Waals surface area contributed by atoms with E-state index >= 15 is 0 Å². The quantitative estimate of drug-likeness (QED) is 0.324. The molecular formula is C23H13ClF3N3. The average Bonchev–Trinajstić information content (AvgIpc) is 3.30. The summed E-state index contributed by atoms with van der Waals surface area (Å²) in [7, 11) is 0. The summed E-state index contributed by atoms with van der Waals surface area (Å²) in [6, 6.07) is 11.8. The van der Waals surface area contributed by atoms with Gasteiger partial charge in [0.15, 0.2) is 0 Å². The number of hydrogen-bond acceptors (Lipinski definition) is 1. The van der Waals surface area contributed by atoms with Crippen molar-refractivity contribution in [2.45, 2.75) is 0 Å². The largest absolute Gasteiger partial charge is 0.360 e. The lowest BCUT2D eigenvalue weighted by molar-refractivity contribution is 0.627. The number of nitrogens with zero attached hydrogens (tertiary/aromatic N) is 1. The first kappa shape index (κ1) is 18.5. The molecule has 7 heteroatoms. The van der Waals surface area contributed by atoms with Crippen molar-refractivity contribution < 1.29 is 13.2 Å². The molecule has 3 aromatic carbocycles. The summed E-state index contributed by atoms with van der Waals surface area (Å²) in [6.07, 6.45) is 5.47. The van der Waals surface area contributed by atoms with Gasteiger partial charge in [-0.15, -0.1) is 0 Å². The van der Waals surface area contributed by atoms with E-state index in [-0.39, 0.29) is 22.2 Å². The predicted octanol–water partition coefficient (Wildman–Crippen LogP) is 6.95. The minimum Gasteiger partial charge on any atom is -0.360 e. The van der Waals surface area contributed by atoms with E-state index in [1.54, 1.807) is 24.4 Å². The summed E-state index contributed by atoms with van der Waals surface area (Å²) >= 11 is 5.82. The second kappa shape index (κ2) is 7.07. The number of aromatic nitrogens is 3. The summed E-state index contributed by atoms with van der Waals surface area (Å²) in [6.45, 7) is 0. The first-order valence-electron chi connectivity index (χ1n) is 9.07. The average molecular weight is 424 g/mol. The van der Waals surface area contributed by atoms with Crippen LogP contribution in [0, 0.1) is 17.5 Å². The standard InChI is InChI=1S/C23H13ClF3N3/c24-17-8-21-22(10-19(17)27)30-23(29-21)16-7-15-13(11-28-20(15)9-18(16)26)4-1-12-2-5-14(25)6-3-12/h1-11,28H,(H,29,30). The topological polar surface area (TPSA) is 44.5 Å². The van der Waals surface area contributed by atoms with E-state index in [0.717, 1.165) is 16.5 Å². The van der Waals surface area contributed by atoms with Crippen LogP contribution >= 0.6 is 11.6 Å². The Morgan fingerprint density at radius 3 is 2.43 bits per heavy atom. The maximum absolute atomic E-state index is 14.8. The molecule has 0 radical (unpaired) electrons. The van der Waals surface area contributed by atoms with Gasteiger partial charge in [-0.2, -0.15) is 0 Å². The van der Waals surface area contributed by atoms with Crippen molar-refractivity contribution in [3.63, 3.8) is 0 Å². The van der Waals surface area contributed by atoms with Gasteiger partial charge in [0.2, 0.25) is 0 Å². The van der Waals surface area contributed by atoms with E-state index in [1.165, 1.54) is 30.3 Å². The third-order valence-electron chi connectivity index (χ3n) is 4.91. The van der Waals surface area contributed by atoms with E-state index in [2.05, 4.69) is 15.0 Å². The number of nitrogens with one attached hydrogen (secondary N) is 2. The third-order valence-corrected chi connectivity index (χ3v) is 5.20. The Morgan fingerprint density at radius 2 is 1.63 bits per heavy atom. The maximum Gasteiger partial charge on any atom is 0.144 e. The van der Waals surface area contributed by atoms with Gasteiger partial charge in [0.25, 0.3) is 0 Å². The van der Waals surface area contributed by atoms with Gasteiger partial charge in [0.05, 0.1) is 21.6 Å². The van der Waals surface area contributed by atoms with Crippen LogP contribution < -0.4 is 0 Å². The molecule has 2 heterocycles. The summed E-state index contributed by atoms with van der Waals surface area (Å²) < 4.78 is 41.5. The van der Waals surface area contributed by atoms with Crippen LogP contribution in [0.3, 0.4) is 0 Å². The van der Waals surface area contributed by atoms with E-state index in [9.17, 15) is 13.2 Å². The first-order valence-corrected chi connectivity index (χ1v) is 9.45. The Labute approximate surface area is 173 Å². The molecule has 0 atom stereocenters. The second-order valence-corrected chi connectivity index (χ2v) is 7.28. The van der Waals surface area contributed by atoms with Gasteiger partial charge >= 0.3 is 0 Å². The highest BCUT2D eigenvalue weighted by molar-refractivity contribution is 6.31. The molecule has 0 fully saturated rings. The second-order valence-electron chi connectivity index (χ2n) is 6.88. The summed E-state index contributed by atoms with van der Waals surface area (Å²) in [4.78, 5) is 10.4. The smallest absolute Gasteiger partial charge is 0.144 e. The van der Waals surface area contributed by atoms with E-state index < -0.39 is 11.6 Å². The van der Waals surface area contributed by atoms with E-state index in [1.807, 2.05) is 12.2 Å². The molecule has 5 aromatic rings. The molecule has 0 spiro atoms. The lowest BCUT2D eigenvalue weighted by atomic mass is 10.1. The molecule has 0 aliphatic heterocycles. The normalized spacial score (nSPS) is 11.9. The molecule has 3 nitrogen and oxygen atoms in total. The van der Waals surface area contributed by atoms with Crippen LogP contribution in [0.1, 0.15) is 11.1 Å². The van der Waals surface area contributed by atoms with Crippen LogP contribution in [0.25, 0.3) is 45.5 Å². The third kappa shape index (κ3) is 3.25.